The molecule has 0 heterocycles. The van der Waals surface area contributed by atoms with E-state index in [0.717, 1.165) is 6.54 Å². The normalized spacial score (nSPS) is 11.7. The van der Waals surface area contributed by atoms with Crippen LogP contribution in [-0.2, 0) is 0 Å². The van der Waals surface area contributed by atoms with Gasteiger partial charge in [-0.05, 0) is 39.2 Å². The third kappa shape index (κ3) is 6.17. The minimum atomic E-state index is -0.152. The lowest BCUT2D eigenvalue weighted by molar-refractivity contribution is 0.0934. The maximum Gasteiger partial charge on any atom is 0.251 e. The monoisotopic (exact) mass is 308 g/mol. The fourth-order valence-corrected chi connectivity index (χ4v) is 2.10. The zero-order valence-corrected chi connectivity index (χ0v) is 13.4. The summed E-state index contributed by atoms with van der Waals surface area (Å²) in [6.45, 7) is 2.74. The molecule has 0 radical (unpaired) electrons. The summed E-state index contributed by atoms with van der Waals surface area (Å²) in [4.78, 5) is 14.1. The molecule has 0 aliphatic carbocycles. The Morgan fingerprint density at radius 3 is 2.76 bits per heavy atom. The Morgan fingerprint density at radius 2 is 2.19 bits per heavy atom. The summed E-state index contributed by atoms with van der Waals surface area (Å²) in [6.07, 6.45) is 0.403. The van der Waals surface area contributed by atoms with Crippen LogP contribution >= 0.6 is 11.6 Å². The molecule has 1 aromatic rings. The molecule has 0 bridgehead atoms. The highest BCUT2D eigenvalue weighted by atomic mass is 35.5. The first-order valence-corrected chi connectivity index (χ1v) is 7.16. The summed E-state index contributed by atoms with van der Waals surface area (Å²) < 4.78 is 0. The van der Waals surface area contributed by atoms with Crippen molar-refractivity contribution in [3.8, 4) is 11.8 Å². The first-order chi connectivity index (χ1) is 9.93. The van der Waals surface area contributed by atoms with Crippen LogP contribution in [-0.4, -0.2) is 49.2 Å². The number of nitrogens with zero attached hydrogens (tertiary/aromatic N) is 1. The lowest BCUT2D eigenvalue weighted by atomic mass is 10.1. The summed E-state index contributed by atoms with van der Waals surface area (Å²) >= 11 is 6.12. The van der Waals surface area contributed by atoms with Crippen LogP contribution in [0.5, 0.6) is 0 Å². The number of amides is 1. The van der Waals surface area contributed by atoms with Crippen LogP contribution in [0.2, 0.25) is 5.02 Å². The van der Waals surface area contributed by atoms with Gasteiger partial charge in [-0.3, -0.25) is 4.79 Å². The van der Waals surface area contributed by atoms with E-state index < -0.39 is 0 Å². The van der Waals surface area contributed by atoms with Crippen LogP contribution in [0, 0.1) is 11.8 Å². The minimum Gasteiger partial charge on any atom is -0.395 e. The van der Waals surface area contributed by atoms with E-state index in [1.807, 2.05) is 25.9 Å². The maximum absolute atomic E-state index is 12.1. The Labute approximate surface area is 131 Å². The molecule has 0 aliphatic rings. The number of rotatable bonds is 5. The third-order valence-corrected chi connectivity index (χ3v) is 3.02. The van der Waals surface area contributed by atoms with Crippen molar-refractivity contribution in [1.29, 1.82) is 0 Å². The Bertz CT molecular complexity index is 547. The number of halogens is 1. The van der Waals surface area contributed by atoms with Gasteiger partial charge in [-0.15, -0.1) is 0 Å². The predicted octanol–water partition coefficient (Wildman–Crippen LogP) is 1.75. The van der Waals surface area contributed by atoms with Crippen molar-refractivity contribution < 1.29 is 9.90 Å². The number of hydrogen-bond acceptors (Lipinski definition) is 3. The van der Waals surface area contributed by atoms with Crippen LogP contribution < -0.4 is 5.32 Å². The molecule has 21 heavy (non-hydrogen) atoms. The highest BCUT2D eigenvalue weighted by molar-refractivity contribution is 6.32. The SMILES string of the molecule is CC(CN(C)C)NC(=O)c1ccc(C#CCCO)c(Cl)c1. The number of hydrogen-bond donors (Lipinski definition) is 2. The maximum atomic E-state index is 12.1. The second-order valence-electron chi connectivity index (χ2n) is 5.11. The van der Waals surface area contributed by atoms with Gasteiger partial charge in [-0.2, -0.15) is 0 Å². The largest absolute Gasteiger partial charge is 0.395 e. The van der Waals surface area contributed by atoms with Crippen LogP contribution in [0.3, 0.4) is 0 Å². The topological polar surface area (TPSA) is 52.6 Å². The van der Waals surface area contributed by atoms with E-state index in [0.29, 0.717) is 22.6 Å². The number of aliphatic hydroxyl groups is 1. The van der Waals surface area contributed by atoms with E-state index in [9.17, 15) is 4.79 Å². The second kappa shape index (κ2) is 8.68. The number of aliphatic hydroxyl groups excluding tert-OH is 1. The molecule has 2 N–H and O–H groups in total. The smallest absolute Gasteiger partial charge is 0.251 e. The number of nitrogens with one attached hydrogen (secondary N) is 1. The van der Waals surface area contributed by atoms with Crippen molar-refractivity contribution in [3.63, 3.8) is 0 Å². The van der Waals surface area contributed by atoms with E-state index in [1.165, 1.54) is 0 Å². The van der Waals surface area contributed by atoms with Crippen molar-refractivity contribution in [2.45, 2.75) is 19.4 Å². The summed E-state index contributed by atoms with van der Waals surface area (Å²) in [6, 6.07) is 5.09. The summed E-state index contributed by atoms with van der Waals surface area (Å²) in [5.41, 5.74) is 1.17. The number of carbonyl (C=O) groups is 1. The Morgan fingerprint density at radius 1 is 1.48 bits per heavy atom. The fraction of sp³-hybridized carbons (Fsp3) is 0.438. The van der Waals surface area contributed by atoms with Gasteiger partial charge in [-0.25, -0.2) is 0 Å². The van der Waals surface area contributed by atoms with E-state index in [2.05, 4.69) is 17.2 Å². The second-order valence-corrected chi connectivity index (χ2v) is 5.51. The molecular formula is C16H21ClN2O2. The van der Waals surface area contributed by atoms with Crippen molar-refractivity contribution in [1.82, 2.24) is 10.2 Å². The van der Waals surface area contributed by atoms with Gasteiger partial charge in [0.1, 0.15) is 0 Å². The van der Waals surface area contributed by atoms with Gasteiger partial charge in [0, 0.05) is 30.1 Å². The lowest BCUT2D eigenvalue weighted by Gasteiger charge is -2.18. The summed E-state index contributed by atoms with van der Waals surface area (Å²) in [7, 11) is 3.92. The van der Waals surface area contributed by atoms with E-state index in [4.69, 9.17) is 16.7 Å². The minimum absolute atomic E-state index is 0.0227. The summed E-state index contributed by atoms with van der Waals surface area (Å²) in [5, 5.41) is 12.0. The van der Waals surface area contributed by atoms with E-state index >= 15 is 0 Å². The molecule has 1 amide bonds. The molecule has 5 heteroatoms. The highest BCUT2D eigenvalue weighted by Gasteiger charge is 2.11. The molecule has 1 aromatic carbocycles. The first kappa shape index (κ1) is 17.5. The molecule has 114 valence electrons. The number of benzene rings is 1. The Balaban J connectivity index is 2.75. The Hall–Kier alpha value is -1.54. The molecule has 0 aliphatic heterocycles. The molecule has 0 fully saturated rings. The molecule has 1 atom stereocenters. The molecule has 4 nitrogen and oxygen atoms in total. The number of carbonyl (C=O) groups excluding carboxylic acids is 1. The molecule has 1 unspecified atom stereocenters. The Kier molecular flexibility index (Phi) is 7.24. The van der Waals surface area contributed by atoms with Gasteiger partial charge in [0.25, 0.3) is 5.91 Å². The zero-order chi connectivity index (χ0) is 15.8. The van der Waals surface area contributed by atoms with Gasteiger partial charge < -0.3 is 15.3 Å². The average Bonchev–Trinajstić information content (AvgIpc) is 2.39. The molecule has 0 spiro atoms. The summed E-state index contributed by atoms with van der Waals surface area (Å²) in [5.74, 6) is 5.52. The van der Waals surface area contributed by atoms with Crippen molar-refractivity contribution in [2.24, 2.45) is 0 Å². The fourth-order valence-electron chi connectivity index (χ4n) is 1.87. The molecule has 1 rings (SSSR count). The van der Waals surface area contributed by atoms with Crippen LogP contribution in [0.25, 0.3) is 0 Å². The standard InChI is InChI=1S/C16H21ClN2O2/c1-12(11-19(2)3)18-16(21)14-8-7-13(15(17)10-14)6-4-5-9-20/h7-8,10,12,20H,5,9,11H2,1-3H3,(H,18,21). The molecule has 0 aromatic heterocycles. The highest BCUT2D eigenvalue weighted by Crippen LogP contribution is 2.17. The molecule has 0 saturated carbocycles. The van der Waals surface area contributed by atoms with Gasteiger partial charge in [-0.1, -0.05) is 23.4 Å². The van der Waals surface area contributed by atoms with Gasteiger partial charge in [0.05, 0.1) is 11.6 Å². The average molecular weight is 309 g/mol. The van der Waals surface area contributed by atoms with Gasteiger partial charge in [0.15, 0.2) is 0 Å². The molecular weight excluding hydrogens is 288 g/mol. The van der Waals surface area contributed by atoms with Crippen molar-refractivity contribution in [2.75, 3.05) is 27.2 Å². The van der Waals surface area contributed by atoms with Crippen molar-refractivity contribution in [3.05, 3.63) is 34.3 Å². The number of likely N-dealkylation sites (N-methyl/N-ethyl adjacent to an activating group) is 1. The zero-order valence-electron chi connectivity index (χ0n) is 12.6. The van der Waals surface area contributed by atoms with E-state index in [1.54, 1.807) is 18.2 Å². The van der Waals surface area contributed by atoms with Gasteiger partial charge in [0.2, 0.25) is 0 Å². The molecule has 0 saturated heterocycles. The van der Waals surface area contributed by atoms with E-state index in [-0.39, 0.29) is 18.6 Å². The third-order valence-electron chi connectivity index (χ3n) is 2.71. The van der Waals surface area contributed by atoms with Crippen LogP contribution in [0.15, 0.2) is 18.2 Å². The van der Waals surface area contributed by atoms with Crippen molar-refractivity contribution >= 4 is 17.5 Å². The van der Waals surface area contributed by atoms with Crippen LogP contribution in [0.1, 0.15) is 29.3 Å². The predicted molar refractivity (Wildman–Crippen MR) is 85.5 cm³/mol. The van der Waals surface area contributed by atoms with Crippen LogP contribution in [0.4, 0.5) is 0 Å². The quantitative estimate of drug-likeness (QED) is 0.815. The van der Waals surface area contributed by atoms with Gasteiger partial charge >= 0.3 is 0 Å². The first-order valence-electron chi connectivity index (χ1n) is 6.79. The lowest BCUT2D eigenvalue weighted by Crippen LogP contribution is -2.39.